The minimum absolute atomic E-state index is 0.255. The summed E-state index contributed by atoms with van der Waals surface area (Å²) in [4.78, 5) is 24.2. The fourth-order valence-corrected chi connectivity index (χ4v) is 3.67. The molecule has 0 unspecified atom stereocenters. The molecule has 0 saturated heterocycles. The van der Waals surface area contributed by atoms with Crippen molar-refractivity contribution < 1.29 is 23.8 Å². The number of rotatable bonds is 9. The average molecular weight is 561 g/mol. The minimum atomic E-state index is -0.916. The van der Waals surface area contributed by atoms with E-state index in [0.29, 0.717) is 44.6 Å². The average Bonchev–Trinajstić information content (AvgIpc) is 2.85. The highest BCUT2D eigenvalue weighted by Gasteiger charge is 2.15. The van der Waals surface area contributed by atoms with E-state index in [1.54, 1.807) is 42.5 Å². The van der Waals surface area contributed by atoms with E-state index in [2.05, 4.69) is 31.8 Å². The summed E-state index contributed by atoms with van der Waals surface area (Å²) in [7, 11) is 1.54. The molecule has 0 aliphatic carbocycles. The maximum atomic E-state index is 12.1. The molecule has 0 bridgehead atoms. The standard InChI is InChI=1S/C25H23BrClN3O5/c1-3-34-22-13-16(12-20(26)23(22)35-15-17-6-4-5-7-21(17)27)14-28-30-25(32)24(31)29-18-8-10-19(33-2)11-9-18/h4-14H,3,15H2,1-2H3,(H,29,31)(H,30,32)/b28-14+. The second-order valence-corrected chi connectivity index (χ2v) is 8.29. The van der Waals surface area contributed by atoms with Crippen LogP contribution in [0.25, 0.3) is 0 Å². The van der Waals surface area contributed by atoms with Gasteiger partial charge in [-0.1, -0.05) is 29.8 Å². The lowest BCUT2D eigenvalue weighted by Gasteiger charge is -2.15. The fraction of sp³-hybridized carbons (Fsp3) is 0.160. The second-order valence-electron chi connectivity index (χ2n) is 7.02. The Labute approximate surface area is 216 Å². The summed E-state index contributed by atoms with van der Waals surface area (Å²) in [5.74, 6) is -0.145. The van der Waals surface area contributed by atoms with Gasteiger partial charge in [-0.25, -0.2) is 5.43 Å². The van der Waals surface area contributed by atoms with Gasteiger partial charge >= 0.3 is 11.8 Å². The third-order valence-electron chi connectivity index (χ3n) is 4.60. The molecule has 0 aromatic heterocycles. The van der Waals surface area contributed by atoms with E-state index < -0.39 is 11.8 Å². The molecule has 0 heterocycles. The Kier molecular flexibility index (Phi) is 9.51. The van der Waals surface area contributed by atoms with Gasteiger partial charge in [0.05, 0.1) is 24.4 Å². The molecule has 3 rings (SSSR count). The molecule has 35 heavy (non-hydrogen) atoms. The molecule has 0 saturated carbocycles. The van der Waals surface area contributed by atoms with Crippen LogP contribution in [0.5, 0.6) is 17.2 Å². The maximum Gasteiger partial charge on any atom is 0.329 e. The van der Waals surface area contributed by atoms with Gasteiger partial charge in [0, 0.05) is 16.3 Å². The Morgan fingerprint density at radius 1 is 1.06 bits per heavy atom. The first-order valence-corrected chi connectivity index (χ1v) is 11.7. The van der Waals surface area contributed by atoms with Crippen molar-refractivity contribution in [2.75, 3.05) is 19.0 Å². The molecule has 0 fully saturated rings. The van der Waals surface area contributed by atoms with E-state index in [1.165, 1.54) is 13.3 Å². The molecule has 0 atom stereocenters. The number of ether oxygens (including phenoxy) is 3. The van der Waals surface area contributed by atoms with Gasteiger partial charge < -0.3 is 19.5 Å². The predicted molar refractivity (Wildman–Crippen MR) is 138 cm³/mol. The van der Waals surface area contributed by atoms with Gasteiger partial charge in [0.1, 0.15) is 12.4 Å². The molecule has 8 nitrogen and oxygen atoms in total. The fourth-order valence-electron chi connectivity index (χ4n) is 2.91. The van der Waals surface area contributed by atoms with Gasteiger partial charge in [-0.05, 0) is 70.9 Å². The third kappa shape index (κ3) is 7.46. The number of amides is 2. The van der Waals surface area contributed by atoms with Crippen LogP contribution in [0, 0.1) is 0 Å². The van der Waals surface area contributed by atoms with Crippen molar-refractivity contribution >= 4 is 51.2 Å². The Morgan fingerprint density at radius 3 is 2.49 bits per heavy atom. The number of anilines is 1. The van der Waals surface area contributed by atoms with Crippen LogP contribution in [0.2, 0.25) is 5.02 Å². The predicted octanol–water partition coefficient (Wildman–Crippen LogP) is 5.18. The van der Waals surface area contributed by atoms with Crippen molar-refractivity contribution in [2.45, 2.75) is 13.5 Å². The Morgan fingerprint density at radius 2 is 1.80 bits per heavy atom. The summed E-state index contributed by atoms with van der Waals surface area (Å²) < 4.78 is 17.4. The molecule has 0 aliphatic heterocycles. The molecular formula is C25H23BrClN3O5. The van der Waals surface area contributed by atoms with Crippen LogP contribution in [0.15, 0.2) is 70.2 Å². The zero-order valence-electron chi connectivity index (χ0n) is 19.0. The van der Waals surface area contributed by atoms with Crippen LogP contribution in [0.3, 0.4) is 0 Å². The van der Waals surface area contributed by atoms with Crippen molar-refractivity contribution in [3.8, 4) is 17.2 Å². The number of hydrazone groups is 1. The highest BCUT2D eigenvalue weighted by atomic mass is 79.9. The van der Waals surface area contributed by atoms with Crippen molar-refractivity contribution in [1.82, 2.24) is 5.43 Å². The number of carbonyl (C=O) groups is 2. The second kappa shape index (κ2) is 12.8. The molecular weight excluding hydrogens is 538 g/mol. The Hall–Kier alpha value is -3.56. The molecule has 0 radical (unpaired) electrons. The highest BCUT2D eigenvalue weighted by Crippen LogP contribution is 2.37. The van der Waals surface area contributed by atoms with Gasteiger partial charge in [0.2, 0.25) is 0 Å². The number of nitrogens with zero attached hydrogens (tertiary/aromatic N) is 1. The zero-order valence-corrected chi connectivity index (χ0v) is 21.4. The van der Waals surface area contributed by atoms with Crippen molar-refractivity contribution in [3.63, 3.8) is 0 Å². The van der Waals surface area contributed by atoms with Crippen molar-refractivity contribution in [1.29, 1.82) is 0 Å². The lowest BCUT2D eigenvalue weighted by atomic mass is 10.2. The van der Waals surface area contributed by atoms with Crippen molar-refractivity contribution in [3.05, 3.63) is 81.3 Å². The number of hydrogen-bond acceptors (Lipinski definition) is 6. The van der Waals surface area contributed by atoms with Crippen LogP contribution < -0.4 is 25.0 Å². The minimum Gasteiger partial charge on any atom is -0.497 e. The number of benzene rings is 3. The normalized spacial score (nSPS) is 10.6. The van der Waals surface area contributed by atoms with Crippen LogP contribution in [0.1, 0.15) is 18.1 Å². The summed E-state index contributed by atoms with van der Waals surface area (Å²) in [6.45, 7) is 2.52. The van der Waals surface area contributed by atoms with Gasteiger partial charge in [0.15, 0.2) is 11.5 Å². The first kappa shape index (κ1) is 26.1. The molecule has 10 heteroatoms. The lowest BCUT2D eigenvalue weighted by Crippen LogP contribution is -2.32. The van der Waals surface area contributed by atoms with E-state index >= 15 is 0 Å². The molecule has 3 aromatic rings. The highest BCUT2D eigenvalue weighted by molar-refractivity contribution is 9.10. The van der Waals surface area contributed by atoms with E-state index in [4.69, 9.17) is 25.8 Å². The molecule has 182 valence electrons. The summed E-state index contributed by atoms with van der Waals surface area (Å²) in [6.07, 6.45) is 1.39. The van der Waals surface area contributed by atoms with Crippen molar-refractivity contribution in [2.24, 2.45) is 5.10 Å². The summed E-state index contributed by atoms with van der Waals surface area (Å²) in [5.41, 5.74) is 4.11. The van der Waals surface area contributed by atoms with Gasteiger partial charge in [-0.15, -0.1) is 0 Å². The van der Waals surface area contributed by atoms with Crippen LogP contribution in [-0.2, 0) is 16.2 Å². The molecule has 2 amide bonds. The third-order valence-corrected chi connectivity index (χ3v) is 5.55. The zero-order chi connectivity index (χ0) is 25.2. The van der Waals surface area contributed by atoms with Gasteiger partial charge in [0.25, 0.3) is 0 Å². The van der Waals surface area contributed by atoms with Crippen LogP contribution >= 0.6 is 27.5 Å². The van der Waals surface area contributed by atoms with E-state index in [9.17, 15) is 9.59 Å². The summed E-state index contributed by atoms with van der Waals surface area (Å²) in [6, 6.07) is 17.4. The number of carbonyl (C=O) groups excluding carboxylic acids is 2. The molecule has 0 spiro atoms. The summed E-state index contributed by atoms with van der Waals surface area (Å²) >= 11 is 9.70. The number of hydrogen-bond donors (Lipinski definition) is 2. The SMILES string of the molecule is CCOc1cc(/C=N/NC(=O)C(=O)Nc2ccc(OC)cc2)cc(Br)c1OCc1ccccc1Cl. The van der Waals surface area contributed by atoms with E-state index in [-0.39, 0.29) is 6.61 Å². The largest absolute Gasteiger partial charge is 0.497 e. The number of methoxy groups -OCH3 is 1. The topological polar surface area (TPSA) is 98.2 Å². The first-order valence-electron chi connectivity index (χ1n) is 10.5. The van der Waals surface area contributed by atoms with E-state index in [0.717, 1.165) is 5.56 Å². The van der Waals surface area contributed by atoms with Crippen LogP contribution in [0.4, 0.5) is 5.69 Å². The molecule has 0 aliphatic rings. The smallest absolute Gasteiger partial charge is 0.329 e. The molecule has 3 aromatic carbocycles. The quantitative estimate of drug-likeness (QED) is 0.214. The monoisotopic (exact) mass is 559 g/mol. The Balaban J connectivity index is 1.64. The maximum absolute atomic E-state index is 12.1. The van der Waals surface area contributed by atoms with Crippen LogP contribution in [-0.4, -0.2) is 31.7 Å². The van der Waals surface area contributed by atoms with E-state index in [1.807, 2.05) is 25.1 Å². The number of halogens is 2. The Bertz CT molecular complexity index is 1220. The van der Waals surface area contributed by atoms with Gasteiger partial charge in [-0.3, -0.25) is 9.59 Å². The lowest BCUT2D eigenvalue weighted by molar-refractivity contribution is -0.136. The van der Waals surface area contributed by atoms with Gasteiger partial charge in [-0.2, -0.15) is 5.10 Å². The first-order chi connectivity index (χ1) is 16.9. The molecule has 2 N–H and O–H groups in total. The summed E-state index contributed by atoms with van der Waals surface area (Å²) in [5, 5.41) is 6.96. The number of nitrogens with one attached hydrogen (secondary N) is 2.